The first-order valence-electron chi connectivity index (χ1n) is 8.19. The van der Waals surface area contributed by atoms with E-state index in [0.717, 1.165) is 31.7 Å². The summed E-state index contributed by atoms with van der Waals surface area (Å²) in [5, 5.41) is 6.39. The van der Waals surface area contributed by atoms with Crippen molar-refractivity contribution in [3.63, 3.8) is 0 Å². The van der Waals surface area contributed by atoms with Gasteiger partial charge in [-0.25, -0.2) is 4.39 Å². The van der Waals surface area contributed by atoms with Crippen LogP contribution in [-0.4, -0.2) is 26.2 Å². The van der Waals surface area contributed by atoms with Crippen LogP contribution in [0.5, 0.6) is 5.75 Å². The van der Waals surface area contributed by atoms with Crippen LogP contribution in [0.2, 0.25) is 0 Å². The first-order valence-corrected chi connectivity index (χ1v) is 8.19. The first-order chi connectivity index (χ1) is 11.8. The minimum Gasteiger partial charge on any atom is -0.493 e. The smallest absolute Gasteiger partial charge is 0.191 e. The van der Waals surface area contributed by atoms with Gasteiger partial charge in [0.25, 0.3) is 0 Å². The molecule has 1 heterocycles. The van der Waals surface area contributed by atoms with Crippen molar-refractivity contribution < 1.29 is 9.13 Å². The summed E-state index contributed by atoms with van der Waals surface area (Å²) >= 11 is 0. The Morgan fingerprint density at radius 1 is 1.21 bits per heavy atom. The van der Waals surface area contributed by atoms with Crippen LogP contribution in [0.15, 0.2) is 47.5 Å². The maximum absolute atomic E-state index is 13.6. The molecule has 5 heteroatoms. The summed E-state index contributed by atoms with van der Waals surface area (Å²) in [6.45, 7) is 1.95. The number of hydrogen-bond donors (Lipinski definition) is 2. The topological polar surface area (TPSA) is 45.7 Å². The molecule has 126 valence electrons. The van der Waals surface area contributed by atoms with Gasteiger partial charge in [-0.2, -0.15) is 0 Å². The van der Waals surface area contributed by atoms with Gasteiger partial charge < -0.3 is 15.4 Å². The number of aliphatic imine (C=N–C) groups is 1. The van der Waals surface area contributed by atoms with Crippen molar-refractivity contribution in [2.75, 3.05) is 20.2 Å². The van der Waals surface area contributed by atoms with Crippen molar-refractivity contribution in [2.24, 2.45) is 4.99 Å². The number of nitrogens with one attached hydrogen (secondary N) is 2. The lowest BCUT2D eigenvalue weighted by Crippen LogP contribution is -2.38. The molecule has 0 aromatic heterocycles. The highest BCUT2D eigenvalue weighted by molar-refractivity contribution is 5.79. The Kier molecular flexibility index (Phi) is 5.31. The van der Waals surface area contributed by atoms with Gasteiger partial charge in [-0.1, -0.05) is 30.3 Å². The van der Waals surface area contributed by atoms with Gasteiger partial charge >= 0.3 is 0 Å². The minimum absolute atomic E-state index is 0.208. The van der Waals surface area contributed by atoms with E-state index in [0.29, 0.717) is 18.1 Å². The lowest BCUT2D eigenvalue weighted by Gasteiger charge is -2.12. The molecule has 2 aromatic carbocycles. The highest BCUT2D eigenvalue weighted by Gasteiger charge is 2.11. The van der Waals surface area contributed by atoms with Crippen molar-refractivity contribution in [2.45, 2.75) is 19.4 Å². The second kappa shape index (κ2) is 7.81. The molecular weight excluding hydrogens is 305 g/mol. The second-order valence-electron chi connectivity index (χ2n) is 5.73. The number of rotatable bonds is 5. The van der Waals surface area contributed by atoms with E-state index in [-0.39, 0.29) is 5.82 Å². The van der Waals surface area contributed by atoms with Gasteiger partial charge in [0.1, 0.15) is 11.6 Å². The maximum Gasteiger partial charge on any atom is 0.191 e. The fourth-order valence-electron chi connectivity index (χ4n) is 2.76. The second-order valence-corrected chi connectivity index (χ2v) is 5.73. The van der Waals surface area contributed by atoms with Crippen molar-refractivity contribution in [1.82, 2.24) is 10.6 Å². The number of guanidine groups is 1. The first kappa shape index (κ1) is 16.3. The van der Waals surface area contributed by atoms with E-state index in [4.69, 9.17) is 4.74 Å². The number of fused-ring (bicyclic) bond motifs is 1. The van der Waals surface area contributed by atoms with Crippen LogP contribution in [0.25, 0.3) is 0 Å². The predicted molar refractivity (Wildman–Crippen MR) is 93.9 cm³/mol. The number of halogens is 1. The molecule has 0 spiro atoms. The van der Waals surface area contributed by atoms with Crippen LogP contribution in [0.4, 0.5) is 4.39 Å². The molecule has 0 saturated carbocycles. The van der Waals surface area contributed by atoms with Gasteiger partial charge in [0, 0.05) is 32.1 Å². The zero-order chi connectivity index (χ0) is 16.8. The molecule has 2 aromatic rings. The largest absolute Gasteiger partial charge is 0.493 e. The molecule has 1 aliphatic heterocycles. The Balaban J connectivity index is 1.47. The van der Waals surface area contributed by atoms with Gasteiger partial charge in [0.05, 0.1) is 6.61 Å². The molecule has 0 saturated heterocycles. The molecule has 0 radical (unpaired) electrons. The Labute approximate surface area is 141 Å². The van der Waals surface area contributed by atoms with Crippen LogP contribution in [0.3, 0.4) is 0 Å². The quantitative estimate of drug-likeness (QED) is 0.656. The zero-order valence-corrected chi connectivity index (χ0v) is 13.8. The van der Waals surface area contributed by atoms with Crippen LogP contribution in [-0.2, 0) is 19.4 Å². The van der Waals surface area contributed by atoms with E-state index < -0.39 is 0 Å². The number of hydrogen-bond acceptors (Lipinski definition) is 2. The Morgan fingerprint density at radius 2 is 2.08 bits per heavy atom. The van der Waals surface area contributed by atoms with Gasteiger partial charge in [-0.3, -0.25) is 4.99 Å². The van der Waals surface area contributed by atoms with E-state index in [9.17, 15) is 4.39 Å². The molecule has 0 amide bonds. The number of benzene rings is 2. The van der Waals surface area contributed by atoms with Crippen molar-refractivity contribution in [3.8, 4) is 5.75 Å². The number of ether oxygens (including phenoxy) is 1. The fourth-order valence-corrected chi connectivity index (χ4v) is 2.76. The fraction of sp³-hybridized carbons (Fsp3) is 0.316. The molecule has 0 fully saturated rings. The highest BCUT2D eigenvalue weighted by atomic mass is 19.1. The third-order valence-corrected chi connectivity index (χ3v) is 4.09. The number of nitrogens with zero attached hydrogens (tertiary/aromatic N) is 1. The Hall–Kier alpha value is -2.56. The molecule has 3 rings (SSSR count). The van der Waals surface area contributed by atoms with Crippen LogP contribution in [0, 0.1) is 5.82 Å². The average molecular weight is 327 g/mol. The summed E-state index contributed by atoms with van der Waals surface area (Å²) in [5.74, 6) is 1.47. The third kappa shape index (κ3) is 4.04. The minimum atomic E-state index is -0.208. The molecule has 4 nitrogen and oxygen atoms in total. The summed E-state index contributed by atoms with van der Waals surface area (Å²) < 4.78 is 19.1. The van der Waals surface area contributed by atoms with E-state index >= 15 is 0 Å². The van der Waals surface area contributed by atoms with Crippen molar-refractivity contribution in [1.29, 1.82) is 0 Å². The van der Waals surface area contributed by atoms with Crippen molar-refractivity contribution >= 4 is 5.96 Å². The van der Waals surface area contributed by atoms with E-state index in [1.165, 1.54) is 17.2 Å². The summed E-state index contributed by atoms with van der Waals surface area (Å²) in [4.78, 5) is 4.17. The molecule has 0 unspecified atom stereocenters. The maximum atomic E-state index is 13.6. The van der Waals surface area contributed by atoms with Crippen LogP contribution >= 0.6 is 0 Å². The normalized spacial score (nSPS) is 13.3. The molecule has 2 N–H and O–H groups in total. The molecular formula is C19H22FN3O. The lowest BCUT2D eigenvalue weighted by atomic mass is 10.1. The van der Waals surface area contributed by atoms with E-state index in [1.54, 1.807) is 19.2 Å². The molecule has 0 aliphatic carbocycles. The third-order valence-electron chi connectivity index (χ3n) is 4.09. The van der Waals surface area contributed by atoms with Gasteiger partial charge in [-0.05, 0) is 29.7 Å². The molecule has 1 aliphatic rings. The van der Waals surface area contributed by atoms with Gasteiger partial charge in [0.15, 0.2) is 5.96 Å². The van der Waals surface area contributed by atoms with Crippen LogP contribution < -0.4 is 15.4 Å². The van der Waals surface area contributed by atoms with Gasteiger partial charge in [-0.15, -0.1) is 0 Å². The van der Waals surface area contributed by atoms with E-state index in [1.807, 2.05) is 12.1 Å². The Bertz CT molecular complexity index is 730. The zero-order valence-electron chi connectivity index (χ0n) is 13.8. The molecule has 24 heavy (non-hydrogen) atoms. The van der Waals surface area contributed by atoms with E-state index in [2.05, 4.69) is 27.8 Å². The monoisotopic (exact) mass is 327 g/mol. The summed E-state index contributed by atoms with van der Waals surface area (Å²) in [7, 11) is 1.71. The van der Waals surface area contributed by atoms with Gasteiger partial charge in [0.2, 0.25) is 0 Å². The summed E-state index contributed by atoms with van der Waals surface area (Å²) in [6, 6.07) is 13.1. The average Bonchev–Trinajstić information content (AvgIpc) is 3.07. The van der Waals surface area contributed by atoms with Crippen molar-refractivity contribution in [3.05, 3.63) is 65.0 Å². The lowest BCUT2D eigenvalue weighted by molar-refractivity contribution is 0.357. The molecule has 0 bridgehead atoms. The summed E-state index contributed by atoms with van der Waals surface area (Å²) in [5.41, 5.74) is 3.19. The molecule has 0 atom stereocenters. The highest BCUT2D eigenvalue weighted by Crippen LogP contribution is 2.25. The summed E-state index contributed by atoms with van der Waals surface area (Å²) in [6.07, 6.45) is 1.89. The SMILES string of the molecule is CN=C(NCCc1ccc2c(c1)CCO2)NCc1ccccc1F. The van der Waals surface area contributed by atoms with Crippen LogP contribution in [0.1, 0.15) is 16.7 Å². The Morgan fingerprint density at radius 3 is 2.92 bits per heavy atom. The standard InChI is InChI=1S/C19H22FN3O/c1-21-19(23-13-16-4-2-3-5-17(16)20)22-10-8-14-6-7-18-15(12-14)9-11-24-18/h2-7,12H,8-11,13H2,1H3,(H2,21,22,23). The predicted octanol–water partition coefficient (Wildman–Crippen LogP) is 2.67.